The van der Waals surface area contributed by atoms with Crippen LogP contribution in [-0.2, 0) is 17.8 Å². The minimum absolute atomic E-state index is 0.0779. The molecule has 1 atom stereocenters. The Morgan fingerprint density at radius 1 is 1.07 bits per heavy atom. The molecule has 0 bridgehead atoms. The molecule has 1 heterocycles. The first kappa shape index (κ1) is 21.1. The van der Waals surface area contributed by atoms with Gasteiger partial charge in [0.2, 0.25) is 5.91 Å². The van der Waals surface area contributed by atoms with Gasteiger partial charge in [0.25, 0.3) is 5.91 Å². The van der Waals surface area contributed by atoms with E-state index in [1.54, 1.807) is 0 Å². The Morgan fingerprint density at radius 2 is 1.72 bits per heavy atom. The fourth-order valence-electron chi connectivity index (χ4n) is 3.72. The molecule has 5 nitrogen and oxygen atoms in total. The summed E-state index contributed by atoms with van der Waals surface area (Å²) in [6.45, 7) is 4.14. The van der Waals surface area contributed by atoms with Gasteiger partial charge in [-0.1, -0.05) is 43.3 Å². The highest BCUT2D eigenvalue weighted by atomic mass is 16.2. The number of hydrogen-bond acceptors (Lipinski definition) is 3. The summed E-state index contributed by atoms with van der Waals surface area (Å²) < 4.78 is 0. The van der Waals surface area contributed by atoms with Crippen LogP contribution in [0.15, 0.2) is 48.5 Å². The second-order valence-corrected chi connectivity index (χ2v) is 7.90. The number of nitrogens with zero attached hydrogens (tertiary/aromatic N) is 2. The molecule has 3 rings (SSSR count). The van der Waals surface area contributed by atoms with E-state index in [1.807, 2.05) is 43.3 Å². The Labute approximate surface area is 173 Å². The maximum atomic E-state index is 12.6. The predicted molar refractivity (Wildman–Crippen MR) is 116 cm³/mol. The number of aryl methyl sites for hydroxylation is 1. The lowest BCUT2D eigenvalue weighted by Gasteiger charge is -2.25. The molecule has 0 radical (unpaired) electrons. The van der Waals surface area contributed by atoms with Crippen LogP contribution in [0.4, 0.5) is 0 Å². The van der Waals surface area contributed by atoms with E-state index >= 15 is 0 Å². The van der Waals surface area contributed by atoms with E-state index in [1.165, 1.54) is 11.1 Å². The van der Waals surface area contributed by atoms with E-state index in [0.717, 1.165) is 24.9 Å². The van der Waals surface area contributed by atoms with Crippen LogP contribution in [0.5, 0.6) is 0 Å². The average molecular weight is 394 g/mol. The van der Waals surface area contributed by atoms with Gasteiger partial charge in [0.05, 0.1) is 6.04 Å². The monoisotopic (exact) mass is 393 g/mol. The van der Waals surface area contributed by atoms with Gasteiger partial charge in [0.1, 0.15) is 0 Å². The second kappa shape index (κ2) is 9.70. The number of rotatable bonds is 8. The zero-order valence-electron chi connectivity index (χ0n) is 17.6. The topological polar surface area (TPSA) is 52.7 Å². The molecule has 0 unspecified atom stereocenters. The fraction of sp³-hybridized carbons (Fsp3) is 0.417. The van der Waals surface area contributed by atoms with Gasteiger partial charge in [-0.15, -0.1) is 0 Å². The zero-order chi connectivity index (χ0) is 20.8. The van der Waals surface area contributed by atoms with E-state index in [0.29, 0.717) is 25.1 Å². The third-order valence-corrected chi connectivity index (χ3v) is 5.61. The minimum Gasteiger partial charge on any atom is -0.350 e. The third kappa shape index (κ3) is 5.45. The number of hydrogen-bond donors (Lipinski definition) is 1. The van der Waals surface area contributed by atoms with Crippen molar-refractivity contribution in [3.63, 3.8) is 0 Å². The summed E-state index contributed by atoms with van der Waals surface area (Å²) >= 11 is 0. The molecular formula is C24H31N3O2. The highest BCUT2D eigenvalue weighted by Gasteiger charge is 2.20. The maximum absolute atomic E-state index is 12.6. The summed E-state index contributed by atoms with van der Waals surface area (Å²) in [5, 5.41) is 3.06. The molecule has 1 aliphatic rings. The average Bonchev–Trinajstić information content (AvgIpc) is 3.13. The van der Waals surface area contributed by atoms with E-state index in [4.69, 9.17) is 0 Å². The summed E-state index contributed by atoms with van der Waals surface area (Å²) in [5.41, 5.74) is 4.20. The molecule has 1 aliphatic heterocycles. The molecule has 1 saturated heterocycles. The summed E-state index contributed by atoms with van der Waals surface area (Å²) in [6.07, 6.45) is 2.60. The molecule has 0 saturated carbocycles. The highest BCUT2D eigenvalue weighted by Crippen LogP contribution is 2.19. The molecule has 0 aliphatic carbocycles. The van der Waals surface area contributed by atoms with Gasteiger partial charge in [-0.3, -0.25) is 9.59 Å². The lowest BCUT2D eigenvalue weighted by Crippen LogP contribution is -2.34. The summed E-state index contributed by atoms with van der Waals surface area (Å²) in [5.74, 6) is 0.138. The molecule has 2 aromatic rings. The van der Waals surface area contributed by atoms with Crippen molar-refractivity contribution in [3.05, 3.63) is 70.8 Å². The van der Waals surface area contributed by atoms with Gasteiger partial charge >= 0.3 is 0 Å². The van der Waals surface area contributed by atoms with Crippen molar-refractivity contribution < 1.29 is 9.59 Å². The molecule has 0 spiro atoms. The molecule has 1 N–H and O–H groups in total. The van der Waals surface area contributed by atoms with E-state index < -0.39 is 0 Å². The first-order chi connectivity index (χ1) is 14.0. The van der Waals surface area contributed by atoms with Crippen LogP contribution in [-0.4, -0.2) is 48.8 Å². The first-order valence-electron chi connectivity index (χ1n) is 10.4. The molecule has 2 aromatic carbocycles. The lowest BCUT2D eigenvalue weighted by atomic mass is 10.0. The Bertz CT molecular complexity index is 828. The quantitative estimate of drug-likeness (QED) is 0.748. The molecule has 2 amide bonds. The van der Waals surface area contributed by atoms with Gasteiger partial charge in [-0.2, -0.15) is 0 Å². The van der Waals surface area contributed by atoms with E-state index in [2.05, 4.69) is 41.4 Å². The number of amides is 2. The Kier molecular flexibility index (Phi) is 7.04. The smallest absolute Gasteiger partial charge is 0.251 e. The molecular weight excluding hydrogens is 362 g/mol. The number of nitrogens with one attached hydrogen (secondary N) is 1. The zero-order valence-corrected chi connectivity index (χ0v) is 17.6. The number of carbonyl (C=O) groups excluding carboxylic acids is 2. The van der Waals surface area contributed by atoms with Crippen LogP contribution in [0.25, 0.3) is 0 Å². The largest absolute Gasteiger partial charge is 0.350 e. The normalized spacial score (nSPS) is 15.0. The maximum Gasteiger partial charge on any atom is 0.251 e. The van der Waals surface area contributed by atoms with Crippen molar-refractivity contribution in [2.45, 2.75) is 38.8 Å². The second-order valence-electron chi connectivity index (χ2n) is 7.90. The van der Waals surface area contributed by atoms with Crippen LogP contribution in [0.1, 0.15) is 52.9 Å². The van der Waals surface area contributed by atoms with E-state index in [9.17, 15) is 9.59 Å². The van der Waals surface area contributed by atoms with Gasteiger partial charge in [0, 0.05) is 31.6 Å². The summed E-state index contributed by atoms with van der Waals surface area (Å²) in [7, 11) is 4.05. The van der Waals surface area contributed by atoms with Crippen molar-refractivity contribution in [3.8, 4) is 0 Å². The predicted octanol–water partition coefficient (Wildman–Crippen LogP) is 3.40. The standard InChI is InChI=1S/C24H31N3O2/c1-4-18-7-11-20(12-8-18)22(26(2)3)16-25-24(29)21-13-9-19(10-14-21)17-27-15-5-6-23(27)28/h7-14,22H,4-6,15-17H2,1-3H3,(H,25,29)/t22-/m0/s1. The molecule has 154 valence electrons. The Hall–Kier alpha value is -2.66. The number of benzene rings is 2. The van der Waals surface area contributed by atoms with Crippen LogP contribution in [0.2, 0.25) is 0 Å². The fourth-order valence-corrected chi connectivity index (χ4v) is 3.72. The minimum atomic E-state index is -0.0779. The number of likely N-dealkylation sites (N-methyl/N-ethyl adjacent to an activating group) is 1. The van der Waals surface area contributed by atoms with Crippen molar-refractivity contribution in [2.75, 3.05) is 27.2 Å². The van der Waals surface area contributed by atoms with Crippen LogP contribution < -0.4 is 5.32 Å². The third-order valence-electron chi connectivity index (χ3n) is 5.61. The van der Waals surface area contributed by atoms with Gasteiger partial charge < -0.3 is 15.1 Å². The SMILES string of the molecule is CCc1ccc([C@H](CNC(=O)c2ccc(CN3CCCC3=O)cc2)N(C)C)cc1. The summed E-state index contributed by atoms with van der Waals surface area (Å²) in [6, 6.07) is 16.3. The van der Waals surface area contributed by atoms with Crippen molar-refractivity contribution in [1.29, 1.82) is 0 Å². The molecule has 1 fully saturated rings. The highest BCUT2D eigenvalue weighted by molar-refractivity contribution is 5.94. The van der Waals surface area contributed by atoms with Crippen LogP contribution in [0.3, 0.4) is 0 Å². The van der Waals surface area contributed by atoms with Crippen LogP contribution in [0, 0.1) is 0 Å². The molecule has 0 aromatic heterocycles. The number of carbonyl (C=O) groups is 2. The Morgan fingerprint density at radius 3 is 2.28 bits per heavy atom. The number of likely N-dealkylation sites (tertiary alicyclic amines) is 1. The summed E-state index contributed by atoms with van der Waals surface area (Å²) in [4.78, 5) is 28.4. The van der Waals surface area contributed by atoms with Gasteiger partial charge in [-0.05, 0) is 55.8 Å². The van der Waals surface area contributed by atoms with Crippen LogP contribution >= 0.6 is 0 Å². The van der Waals surface area contributed by atoms with E-state index in [-0.39, 0.29) is 17.9 Å². The molecule has 5 heteroatoms. The Balaban J connectivity index is 1.58. The lowest BCUT2D eigenvalue weighted by molar-refractivity contribution is -0.128. The molecule has 29 heavy (non-hydrogen) atoms. The van der Waals surface area contributed by atoms with Gasteiger partial charge in [-0.25, -0.2) is 0 Å². The van der Waals surface area contributed by atoms with Crippen molar-refractivity contribution in [1.82, 2.24) is 15.1 Å². The van der Waals surface area contributed by atoms with Crippen molar-refractivity contribution in [2.24, 2.45) is 0 Å². The van der Waals surface area contributed by atoms with Gasteiger partial charge in [0.15, 0.2) is 0 Å². The van der Waals surface area contributed by atoms with Crippen molar-refractivity contribution >= 4 is 11.8 Å². The first-order valence-corrected chi connectivity index (χ1v) is 10.4.